The summed E-state index contributed by atoms with van der Waals surface area (Å²) in [6.07, 6.45) is -2.82. The largest absolute Gasteiger partial charge is 0.436 e. The Labute approximate surface area is 184 Å². The number of H-pyrrole nitrogens is 1. The molecule has 0 amide bonds. The van der Waals surface area contributed by atoms with Crippen molar-refractivity contribution >= 4 is 23.2 Å². The van der Waals surface area contributed by atoms with Crippen LogP contribution in [0.1, 0.15) is 30.9 Å². The van der Waals surface area contributed by atoms with Gasteiger partial charge in [-0.2, -0.15) is 5.10 Å². The number of rotatable bonds is 6. The Morgan fingerprint density at radius 1 is 1.16 bits per heavy atom. The summed E-state index contributed by atoms with van der Waals surface area (Å²) < 4.78 is 31.6. The van der Waals surface area contributed by atoms with Crippen molar-refractivity contribution in [1.29, 1.82) is 0 Å². The van der Waals surface area contributed by atoms with Gasteiger partial charge >= 0.3 is 5.69 Å². The van der Waals surface area contributed by atoms with Gasteiger partial charge in [0.15, 0.2) is 16.6 Å². The lowest BCUT2D eigenvalue weighted by Gasteiger charge is -2.13. The van der Waals surface area contributed by atoms with Crippen molar-refractivity contribution in [2.75, 3.05) is 0 Å². The van der Waals surface area contributed by atoms with Crippen LogP contribution in [0.25, 0.3) is 11.3 Å². The van der Waals surface area contributed by atoms with E-state index in [0.717, 1.165) is 5.56 Å². The molecule has 3 aromatic rings. The Bertz CT molecular complexity index is 1220. The standard InChI is InChI=1S/C19H17Cl2F2N5O3/c1-8(2)11-6-14(25-26-17(11)21)31-16-9(3)4-10(5-12(16)20)15-18(29)24-19(30)28(27-15)7-13(22)23/h4-6,8,13H,7H2,1-3H3,(H,24,29,30). The molecule has 0 fully saturated rings. The molecule has 2 heterocycles. The van der Waals surface area contributed by atoms with Crippen LogP contribution in [-0.4, -0.2) is 31.4 Å². The van der Waals surface area contributed by atoms with Crippen LogP contribution in [0.5, 0.6) is 11.6 Å². The molecule has 12 heteroatoms. The average molecular weight is 472 g/mol. The topological polar surface area (TPSA) is 103 Å². The fraction of sp³-hybridized carbons (Fsp3) is 0.316. The van der Waals surface area contributed by atoms with Gasteiger partial charge in [-0.05, 0) is 36.1 Å². The van der Waals surface area contributed by atoms with Crippen molar-refractivity contribution in [1.82, 2.24) is 25.0 Å². The summed E-state index contributed by atoms with van der Waals surface area (Å²) in [7, 11) is 0. The average Bonchev–Trinajstić information content (AvgIpc) is 2.67. The molecule has 0 aliphatic heterocycles. The van der Waals surface area contributed by atoms with Crippen molar-refractivity contribution in [3.05, 3.63) is 60.3 Å². The van der Waals surface area contributed by atoms with Gasteiger partial charge in [0.05, 0.1) is 5.02 Å². The lowest BCUT2D eigenvalue weighted by molar-refractivity contribution is 0.119. The summed E-state index contributed by atoms with van der Waals surface area (Å²) in [4.78, 5) is 25.9. The molecule has 0 atom stereocenters. The molecular weight excluding hydrogens is 455 g/mol. The van der Waals surface area contributed by atoms with Crippen LogP contribution >= 0.6 is 23.2 Å². The number of aromatic amines is 1. The Balaban J connectivity index is 2.01. The minimum absolute atomic E-state index is 0.0889. The normalized spacial score (nSPS) is 11.4. The summed E-state index contributed by atoms with van der Waals surface area (Å²) in [6, 6.07) is 4.56. The summed E-state index contributed by atoms with van der Waals surface area (Å²) in [5.41, 5.74) is -0.606. The van der Waals surface area contributed by atoms with Gasteiger partial charge in [-0.25, -0.2) is 18.3 Å². The van der Waals surface area contributed by atoms with E-state index in [2.05, 4.69) is 15.3 Å². The number of nitrogens with one attached hydrogen (secondary N) is 1. The molecule has 0 saturated heterocycles. The van der Waals surface area contributed by atoms with Crippen molar-refractivity contribution in [3.8, 4) is 22.9 Å². The number of aryl methyl sites for hydroxylation is 1. The smallest absolute Gasteiger partial charge is 0.344 e. The van der Waals surface area contributed by atoms with Gasteiger partial charge in [-0.3, -0.25) is 9.78 Å². The fourth-order valence-electron chi connectivity index (χ4n) is 2.80. The maximum Gasteiger partial charge on any atom is 0.344 e. The molecule has 0 radical (unpaired) electrons. The summed E-state index contributed by atoms with van der Waals surface area (Å²) in [6.45, 7) is 4.60. The predicted molar refractivity (Wildman–Crippen MR) is 112 cm³/mol. The number of hydrogen-bond acceptors (Lipinski definition) is 6. The second-order valence-corrected chi connectivity index (χ2v) is 7.74. The third-order valence-electron chi connectivity index (χ3n) is 4.29. The first-order valence-electron chi connectivity index (χ1n) is 9.08. The number of benzene rings is 1. The Kier molecular flexibility index (Phi) is 6.71. The van der Waals surface area contributed by atoms with Gasteiger partial charge < -0.3 is 4.74 Å². The highest BCUT2D eigenvalue weighted by atomic mass is 35.5. The lowest BCUT2D eigenvalue weighted by atomic mass is 10.1. The van der Waals surface area contributed by atoms with Gasteiger partial charge in [0.25, 0.3) is 12.0 Å². The molecule has 2 aromatic heterocycles. The molecule has 0 aliphatic rings. The number of halogens is 4. The molecule has 164 valence electrons. The van der Waals surface area contributed by atoms with E-state index in [0.29, 0.717) is 10.2 Å². The van der Waals surface area contributed by atoms with E-state index in [4.69, 9.17) is 27.9 Å². The minimum atomic E-state index is -2.82. The highest BCUT2D eigenvalue weighted by molar-refractivity contribution is 6.32. The van der Waals surface area contributed by atoms with Crippen LogP contribution in [0.3, 0.4) is 0 Å². The maximum absolute atomic E-state index is 12.7. The van der Waals surface area contributed by atoms with Gasteiger partial charge in [-0.15, -0.1) is 10.2 Å². The SMILES string of the molecule is Cc1cc(-c2nn(CC(F)F)c(=O)[nH]c2=O)cc(Cl)c1Oc1cc(C(C)C)c(Cl)nn1. The third-order valence-corrected chi connectivity index (χ3v) is 4.86. The van der Waals surface area contributed by atoms with E-state index in [1.54, 1.807) is 13.0 Å². The monoisotopic (exact) mass is 471 g/mol. The number of aromatic nitrogens is 5. The number of hydrogen-bond donors (Lipinski definition) is 1. The van der Waals surface area contributed by atoms with Crippen molar-refractivity contribution in [3.63, 3.8) is 0 Å². The van der Waals surface area contributed by atoms with Crippen molar-refractivity contribution < 1.29 is 13.5 Å². The van der Waals surface area contributed by atoms with E-state index in [9.17, 15) is 18.4 Å². The molecule has 31 heavy (non-hydrogen) atoms. The van der Waals surface area contributed by atoms with Gasteiger partial charge in [-0.1, -0.05) is 37.0 Å². The number of ether oxygens (including phenoxy) is 1. The number of alkyl halides is 2. The summed E-state index contributed by atoms with van der Waals surface area (Å²) in [5, 5.41) is 11.9. The van der Waals surface area contributed by atoms with Gasteiger partial charge in [0.1, 0.15) is 6.54 Å². The van der Waals surface area contributed by atoms with Gasteiger partial charge in [0, 0.05) is 11.6 Å². The molecule has 8 nitrogen and oxygen atoms in total. The minimum Gasteiger partial charge on any atom is -0.436 e. The third kappa shape index (κ3) is 5.08. The van der Waals surface area contributed by atoms with Gasteiger partial charge in [0.2, 0.25) is 5.88 Å². The van der Waals surface area contributed by atoms with Crippen LogP contribution in [-0.2, 0) is 6.54 Å². The van der Waals surface area contributed by atoms with E-state index >= 15 is 0 Å². The first-order chi connectivity index (χ1) is 14.6. The maximum atomic E-state index is 12.7. The Morgan fingerprint density at radius 2 is 1.87 bits per heavy atom. The summed E-state index contributed by atoms with van der Waals surface area (Å²) >= 11 is 12.4. The number of nitrogens with zero attached hydrogens (tertiary/aromatic N) is 4. The zero-order valence-corrected chi connectivity index (χ0v) is 18.1. The molecule has 0 spiro atoms. The van der Waals surface area contributed by atoms with Crippen LogP contribution in [0, 0.1) is 6.92 Å². The lowest BCUT2D eigenvalue weighted by Crippen LogP contribution is -2.35. The van der Waals surface area contributed by atoms with E-state index in [1.807, 2.05) is 18.8 Å². The molecule has 0 unspecified atom stereocenters. The molecule has 3 rings (SSSR count). The van der Waals surface area contributed by atoms with E-state index < -0.39 is 24.2 Å². The molecule has 1 N–H and O–H groups in total. The fourth-order valence-corrected chi connectivity index (χ4v) is 3.42. The molecule has 0 bridgehead atoms. The van der Waals surface area contributed by atoms with Crippen molar-refractivity contribution in [2.24, 2.45) is 0 Å². The first-order valence-corrected chi connectivity index (χ1v) is 9.83. The van der Waals surface area contributed by atoms with E-state index in [1.165, 1.54) is 12.1 Å². The molecule has 0 aliphatic carbocycles. The predicted octanol–water partition coefficient (Wildman–Crippen LogP) is 4.18. The van der Waals surface area contributed by atoms with Crippen LogP contribution in [0.4, 0.5) is 8.78 Å². The highest BCUT2D eigenvalue weighted by Crippen LogP contribution is 2.36. The zero-order valence-electron chi connectivity index (χ0n) is 16.6. The quantitative estimate of drug-likeness (QED) is 0.578. The van der Waals surface area contributed by atoms with E-state index in [-0.39, 0.29) is 39.0 Å². The highest BCUT2D eigenvalue weighted by Gasteiger charge is 2.18. The second kappa shape index (κ2) is 9.11. The first kappa shape index (κ1) is 22.8. The molecule has 0 saturated carbocycles. The second-order valence-electron chi connectivity index (χ2n) is 6.97. The van der Waals surface area contributed by atoms with Crippen molar-refractivity contribution in [2.45, 2.75) is 39.7 Å². The zero-order chi connectivity index (χ0) is 22.9. The summed E-state index contributed by atoms with van der Waals surface area (Å²) in [5.74, 6) is 0.521. The molecule has 1 aromatic carbocycles. The van der Waals surface area contributed by atoms with Crippen LogP contribution in [0.2, 0.25) is 10.2 Å². The Hall–Kier alpha value is -2.85. The Morgan fingerprint density at radius 3 is 2.48 bits per heavy atom. The molecular formula is C19H17Cl2F2N5O3. The van der Waals surface area contributed by atoms with Crippen LogP contribution < -0.4 is 16.0 Å². The van der Waals surface area contributed by atoms with Crippen LogP contribution in [0.15, 0.2) is 27.8 Å².